The molecule has 14 heteroatoms. The Labute approximate surface area is 253 Å². The number of ether oxygens (including phenoxy) is 4. The number of unbranched alkanes of at least 4 members (excludes halogenated alkanes) is 1. The number of halogens is 2. The van der Waals surface area contributed by atoms with Gasteiger partial charge in [-0.25, -0.2) is 9.59 Å². The molecule has 0 spiro atoms. The van der Waals surface area contributed by atoms with Crippen molar-refractivity contribution in [3.05, 3.63) is 55.9 Å². The fraction of sp³-hybridized carbons (Fsp3) is 0.296. The summed E-state index contributed by atoms with van der Waals surface area (Å²) in [6.07, 6.45) is 3.02. The Morgan fingerprint density at radius 2 is 1.88 bits per heavy atom. The van der Waals surface area contributed by atoms with Gasteiger partial charge in [-0.3, -0.25) is 19.3 Å². The fourth-order valence-corrected chi connectivity index (χ4v) is 4.86. The van der Waals surface area contributed by atoms with Crippen LogP contribution in [0, 0.1) is 0 Å². The van der Waals surface area contributed by atoms with Crippen LogP contribution in [0.1, 0.15) is 35.7 Å². The molecule has 0 aliphatic carbocycles. The summed E-state index contributed by atoms with van der Waals surface area (Å²) < 4.78 is 21.0. The van der Waals surface area contributed by atoms with E-state index in [9.17, 15) is 24.0 Å². The highest BCUT2D eigenvalue weighted by molar-refractivity contribution is 9.10. The second kappa shape index (κ2) is 14.9. The zero-order valence-electron chi connectivity index (χ0n) is 22.3. The normalized spacial score (nSPS) is 13.8. The first-order chi connectivity index (χ1) is 19.6. The lowest BCUT2D eigenvalue weighted by Gasteiger charge is -2.14. The summed E-state index contributed by atoms with van der Waals surface area (Å²) >= 11 is 10.2. The van der Waals surface area contributed by atoms with Crippen LogP contribution in [0.25, 0.3) is 6.08 Å². The minimum atomic E-state index is -0.664. The van der Waals surface area contributed by atoms with Gasteiger partial charge in [0.25, 0.3) is 11.1 Å². The van der Waals surface area contributed by atoms with E-state index in [-0.39, 0.29) is 45.9 Å². The standard InChI is InChI=1S/C27H26BrClN2O9S/c1-4-5-8-39-26(35)17-11-16(6-7-19(17)29)30-23(32)13-31-25(34)22(41-27(31)36)10-15-9-20(37-2)21(12-18(15)28)40-14-24(33)38-3/h6-7,9-12H,4-5,8,13-14H2,1-3H3,(H,30,32)/b22-10+. The van der Waals surface area contributed by atoms with Gasteiger partial charge in [-0.15, -0.1) is 0 Å². The van der Waals surface area contributed by atoms with Gasteiger partial charge in [0.1, 0.15) is 6.54 Å². The number of methoxy groups -OCH3 is 2. The molecule has 0 radical (unpaired) electrons. The second-order valence-corrected chi connectivity index (χ2v) is 10.6. The average molecular weight is 670 g/mol. The molecule has 0 bridgehead atoms. The number of imide groups is 1. The number of nitrogens with zero attached hydrogens (tertiary/aromatic N) is 1. The summed E-state index contributed by atoms with van der Waals surface area (Å²) in [6, 6.07) is 7.40. The van der Waals surface area contributed by atoms with Crippen LogP contribution in [-0.2, 0) is 23.9 Å². The Morgan fingerprint density at radius 3 is 2.56 bits per heavy atom. The van der Waals surface area contributed by atoms with Crippen molar-refractivity contribution in [1.29, 1.82) is 0 Å². The monoisotopic (exact) mass is 668 g/mol. The van der Waals surface area contributed by atoms with Crippen molar-refractivity contribution in [1.82, 2.24) is 4.90 Å². The van der Waals surface area contributed by atoms with Gasteiger partial charge in [0.2, 0.25) is 5.91 Å². The molecule has 1 fully saturated rings. The number of nitrogens with one attached hydrogen (secondary N) is 1. The average Bonchev–Trinajstić information content (AvgIpc) is 3.20. The highest BCUT2D eigenvalue weighted by Gasteiger charge is 2.36. The predicted octanol–water partition coefficient (Wildman–Crippen LogP) is 5.29. The number of amides is 3. The van der Waals surface area contributed by atoms with Crippen LogP contribution < -0.4 is 14.8 Å². The molecule has 2 aromatic rings. The van der Waals surface area contributed by atoms with Crippen molar-refractivity contribution in [3.63, 3.8) is 0 Å². The molecule has 0 atom stereocenters. The maximum atomic E-state index is 13.0. The highest BCUT2D eigenvalue weighted by Crippen LogP contribution is 2.38. The number of anilines is 1. The predicted molar refractivity (Wildman–Crippen MR) is 156 cm³/mol. The van der Waals surface area contributed by atoms with Gasteiger partial charge in [-0.1, -0.05) is 40.9 Å². The Bertz CT molecular complexity index is 1400. The summed E-state index contributed by atoms with van der Waals surface area (Å²) in [5.74, 6) is -1.99. The molecule has 1 aliphatic heterocycles. The van der Waals surface area contributed by atoms with Gasteiger partial charge >= 0.3 is 11.9 Å². The molecule has 0 aromatic heterocycles. The van der Waals surface area contributed by atoms with Gasteiger partial charge < -0.3 is 24.3 Å². The van der Waals surface area contributed by atoms with E-state index in [4.69, 9.17) is 25.8 Å². The van der Waals surface area contributed by atoms with Gasteiger partial charge in [-0.05, 0) is 60.2 Å². The number of hydrogen-bond donors (Lipinski definition) is 1. The third-order valence-corrected chi connectivity index (χ3v) is 7.44. The van der Waals surface area contributed by atoms with E-state index in [1.54, 1.807) is 12.1 Å². The number of rotatable bonds is 12. The Balaban J connectivity index is 1.70. The van der Waals surface area contributed by atoms with E-state index in [0.717, 1.165) is 11.3 Å². The SMILES string of the molecule is CCCCOC(=O)c1cc(NC(=O)CN2C(=O)S/C(=C/c3cc(OC)c(OCC(=O)OC)cc3Br)C2=O)ccc1Cl. The van der Waals surface area contributed by atoms with Crippen molar-refractivity contribution < 1.29 is 42.9 Å². The van der Waals surface area contributed by atoms with Crippen molar-refractivity contribution in [3.8, 4) is 11.5 Å². The molecule has 3 amide bonds. The molecule has 1 saturated heterocycles. The summed E-state index contributed by atoms with van der Waals surface area (Å²) in [5, 5.41) is 2.10. The Morgan fingerprint density at radius 1 is 1.12 bits per heavy atom. The second-order valence-electron chi connectivity index (χ2n) is 8.39. The molecule has 2 aromatic carbocycles. The zero-order chi connectivity index (χ0) is 30.1. The molecule has 3 rings (SSSR count). The van der Waals surface area contributed by atoms with E-state index in [1.807, 2.05) is 6.92 Å². The van der Waals surface area contributed by atoms with Gasteiger partial charge in [0, 0.05) is 10.2 Å². The van der Waals surface area contributed by atoms with Crippen LogP contribution in [0.4, 0.5) is 10.5 Å². The van der Waals surface area contributed by atoms with Crippen LogP contribution in [0.3, 0.4) is 0 Å². The molecule has 1 heterocycles. The summed E-state index contributed by atoms with van der Waals surface area (Å²) in [4.78, 5) is 62.9. The molecule has 1 aliphatic rings. The molecule has 0 saturated carbocycles. The largest absolute Gasteiger partial charge is 0.493 e. The van der Waals surface area contributed by atoms with Crippen LogP contribution in [0.15, 0.2) is 39.7 Å². The lowest BCUT2D eigenvalue weighted by atomic mass is 10.2. The maximum Gasteiger partial charge on any atom is 0.343 e. The minimum absolute atomic E-state index is 0.0809. The number of carbonyl (C=O) groups excluding carboxylic acids is 5. The Kier molecular flexibility index (Phi) is 11.6. The smallest absolute Gasteiger partial charge is 0.343 e. The molecule has 218 valence electrons. The topological polar surface area (TPSA) is 138 Å². The van der Waals surface area contributed by atoms with E-state index in [2.05, 4.69) is 26.0 Å². The Hall–Kier alpha value is -3.55. The lowest BCUT2D eigenvalue weighted by Crippen LogP contribution is -2.36. The number of benzene rings is 2. The number of carbonyl (C=O) groups is 5. The van der Waals surface area contributed by atoms with Crippen molar-refractivity contribution in [2.75, 3.05) is 39.3 Å². The van der Waals surface area contributed by atoms with E-state index in [1.165, 1.54) is 38.5 Å². The van der Waals surface area contributed by atoms with E-state index in [0.29, 0.717) is 28.2 Å². The minimum Gasteiger partial charge on any atom is -0.493 e. The third-order valence-electron chi connectivity index (χ3n) is 5.52. The fourth-order valence-electron chi connectivity index (χ4n) is 3.40. The quantitative estimate of drug-likeness (QED) is 0.180. The van der Waals surface area contributed by atoms with Gasteiger partial charge in [0.05, 0.1) is 36.3 Å². The molecular formula is C27H26BrClN2O9S. The maximum absolute atomic E-state index is 13.0. The molecule has 11 nitrogen and oxygen atoms in total. The lowest BCUT2D eigenvalue weighted by molar-refractivity contribution is -0.143. The third kappa shape index (κ3) is 8.47. The van der Waals surface area contributed by atoms with Gasteiger partial charge in [-0.2, -0.15) is 0 Å². The molecule has 41 heavy (non-hydrogen) atoms. The van der Waals surface area contributed by atoms with Gasteiger partial charge in [0.15, 0.2) is 18.1 Å². The van der Waals surface area contributed by atoms with E-state index >= 15 is 0 Å². The molecular weight excluding hydrogens is 644 g/mol. The first-order valence-corrected chi connectivity index (χ1v) is 14.2. The van der Waals surface area contributed by atoms with Crippen molar-refractivity contribution >= 4 is 80.0 Å². The highest BCUT2D eigenvalue weighted by atomic mass is 79.9. The number of esters is 2. The van der Waals surface area contributed by atoms with Crippen molar-refractivity contribution in [2.24, 2.45) is 0 Å². The van der Waals surface area contributed by atoms with Crippen LogP contribution in [-0.4, -0.2) is 67.9 Å². The first kappa shape index (κ1) is 32.0. The first-order valence-electron chi connectivity index (χ1n) is 12.2. The molecule has 1 N–H and O–H groups in total. The summed E-state index contributed by atoms with van der Waals surface area (Å²) in [7, 11) is 2.64. The van der Waals surface area contributed by atoms with Crippen LogP contribution in [0.2, 0.25) is 5.02 Å². The van der Waals surface area contributed by atoms with Crippen LogP contribution >= 0.6 is 39.3 Å². The van der Waals surface area contributed by atoms with Crippen LogP contribution in [0.5, 0.6) is 11.5 Å². The summed E-state index contributed by atoms with van der Waals surface area (Å²) in [6.45, 7) is 1.32. The zero-order valence-corrected chi connectivity index (χ0v) is 25.4. The molecule has 0 unspecified atom stereocenters. The van der Waals surface area contributed by atoms with Crippen molar-refractivity contribution in [2.45, 2.75) is 19.8 Å². The number of hydrogen-bond acceptors (Lipinski definition) is 10. The number of thioether (sulfide) groups is 1. The van der Waals surface area contributed by atoms with E-state index < -0.39 is 35.5 Å². The summed E-state index contributed by atoms with van der Waals surface area (Å²) in [5.41, 5.74) is 0.814.